The van der Waals surface area contributed by atoms with Crippen molar-refractivity contribution in [2.75, 3.05) is 5.32 Å². The molecule has 3 nitrogen and oxygen atoms in total. The predicted octanol–water partition coefficient (Wildman–Crippen LogP) is 6.43. The predicted molar refractivity (Wildman–Crippen MR) is 124 cm³/mol. The lowest BCUT2D eigenvalue weighted by molar-refractivity contribution is -0.117. The fourth-order valence-electron chi connectivity index (χ4n) is 3.26. The molecule has 1 heterocycles. The lowest BCUT2D eigenvalue weighted by atomic mass is 9.89. The van der Waals surface area contributed by atoms with Crippen LogP contribution in [-0.4, -0.2) is 10.9 Å². The maximum absolute atomic E-state index is 13.0. The molecule has 1 unspecified atom stereocenters. The van der Waals surface area contributed by atoms with Crippen molar-refractivity contribution in [3.05, 3.63) is 81.7 Å². The van der Waals surface area contributed by atoms with Crippen LogP contribution in [0.2, 0.25) is 0 Å². The van der Waals surface area contributed by atoms with Gasteiger partial charge in [-0.15, -0.1) is 0 Å². The average Bonchev–Trinajstić information content (AvgIpc) is 2.67. The van der Waals surface area contributed by atoms with Crippen LogP contribution in [0.1, 0.15) is 37.4 Å². The van der Waals surface area contributed by atoms with Crippen molar-refractivity contribution in [1.82, 2.24) is 4.98 Å². The number of carbonyl (C=O) groups is 1. The summed E-state index contributed by atoms with van der Waals surface area (Å²) in [7, 11) is 0. The van der Waals surface area contributed by atoms with Crippen molar-refractivity contribution >= 4 is 34.2 Å². The van der Waals surface area contributed by atoms with Crippen LogP contribution in [0, 0.1) is 16.4 Å². The summed E-state index contributed by atoms with van der Waals surface area (Å²) < 4.78 is 1.17. The Hall–Kier alpha value is -2.21. The summed E-state index contributed by atoms with van der Waals surface area (Å²) in [5.74, 6) is 0.328. The Kier molecular flexibility index (Phi) is 6.83. The van der Waals surface area contributed by atoms with Crippen LogP contribution in [0.25, 0.3) is 11.1 Å². The van der Waals surface area contributed by atoms with Crippen LogP contribution < -0.4 is 5.32 Å². The smallest absolute Gasteiger partial charge is 0.231 e. The Balaban J connectivity index is 1.76. The first kappa shape index (κ1) is 20.5. The zero-order valence-electron chi connectivity index (χ0n) is 16.4. The van der Waals surface area contributed by atoms with E-state index < -0.39 is 0 Å². The quantitative estimate of drug-likeness (QED) is 0.410. The number of aryl methyl sites for hydroxylation is 1. The van der Waals surface area contributed by atoms with E-state index in [1.807, 2.05) is 43.5 Å². The van der Waals surface area contributed by atoms with Crippen LogP contribution in [0.5, 0.6) is 0 Å². The first-order valence-electron chi connectivity index (χ1n) is 9.52. The third-order valence-corrected chi connectivity index (χ3v) is 5.40. The van der Waals surface area contributed by atoms with E-state index in [4.69, 9.17) is 0 Å². The van der Waals surface area contributed by atoms with E-state index in [0.717, 1.165) is 34.5 Å². The van der Waals surface area contributed by atoms with Crippen molar-refractivity contribution in [2.24, 2.45) is 5.92 Å². The molecule has 1 atom stereocenters. The third kappa shape index (κ3) is 5.41. The summed E-state index contributed by atoms with van der Waals surface area (Å²) in [6.07, 6.45) is 2.64. The van der Waals surface area contributed by atoms with Gasteiger partial charge in [-0.2, -0.15) is 0 Å². The molecule has 0 aliphatic heterocycles. The van der Waals surface area contributed by atoms with Gasteiger partial charge < -0.3 is 5.32 Å². The van der Waals surface area contributed by atoms with E-state index in [9.17, 15) is 4.79 Å². The highest BCUT2D eigenvalue weighted by atomic mass is 127. The van der Waals surface area contributed by atoms with Crippen LogP contribution in [0.3, 0.4) is 0 Å². The van der Waals surface area contributed by atoms with Crippen LogP contribution in [0.4, 0.5) is 5.69 Å². The summed E-state index contributed by atoms with van der Waals surface area (Å²) in [6, 6.07) is 20.3. The van der Waals surface area contributed by atoms with Gasteiger partial charge in [-0.3, -0.25) is 9.78 Å². The van der Waals surface area contributed by atoms with Crippen LogP contribution >= 0.6 is 22.6 Å². The molecule has 0 spiro atoms. The molecule has 4 heteroatoms. The second-order valence-electron chi connectivity index (χ2n) is 7.49. The zero-order valence-corrected chi connectivity index (χ0v) is 18.6. The number of nitrogens with zero attached hydrogens (tertiary/aromatic N) is 1. The molecule has 0 radical (unpaired) electrons. The molecule has 0 saturated heterocycles. The molecule has 144 valence electrons. The second-order valence-corrected chi connectivity index (χ2v) is 8.73. The highest BCUT2D eigenvalue weighted by Gasteiger charge is 2.22. The number of nitrogens with one attached hydrogen (secondary N) is 1. The first-order valence-corrected chi connectivity index (χ1v) is 10.6. The Morgan fingerprint density at radius 2 is 1.68 bits per heavy atom. The van der Waals surface area contributed by atoms with Crippen LogP contribution in [-0.2, 0) is 4.79 Å². The van der Waals surface area contributed by atoms with Crippen molar-refractivity contribution in [2.45, 2.75) is 33.1 Å². The number of rotatable bonds is 6. The monoisotopic (exact) mass is 484 g/mol. The van der Waals surface area contributed by atoms with E-state index in [-0.39, 0.29) is 11.8 Å². The van der Waals surface area contributed by atoms with E-state index >= 15 is 0 Å². The molecular weight excluding hydrogens is 459 g/mol. The highest BCUT2D eigenvalue weighted by molar-refractivity contribution is 14.1. The standard InChI is InChI=1S/C24H25IN2O/c1-16(2)14-23(19-4-8-21(25)9-5-19)24(28)27-22-10-6-18(7-11-22)20-12-13-26-17(3)15-20/h4-13,15-16,23H,14H2,1-3H3,(H,27,28). The summed E-state index contributed by atoms with van der Waals surface area (Å²) in [5.41, 5.74) is 5.11. The first-order chi connectivity index (χ1) is 13.4. The van der Waals surface area contributed by atoms with Gasteiger partial charge in [0.05, 0.1) is 5.92 Å². The minimum absolute atomic E-state index is 0.0439. The summed E-state index contributed by atoms with van der Waals surface area (Å²) in [6.45, 7) is 6.29. The van der Waals surface area contributed by atoms with Gasteiger partial charge in [0, 0.05) is 21.1 Å². The van der Waals surface area contributed by atoms with Crippen molar-refractivity contribution < 1.29 is 4.79 Å². The SMILES string of the molecule is Cc1cc(-c2ccc(NC(=O)C(CC(C)C)c3ccc(I)cc3)cc2)ccn1. The normalized spacial score (nSPS) is 12.0. The summed E-state index contributed by atoms with van der Waals surface area (Å²) in [4.78, 5) is 17.3. The van der Waals surface area contributed by atoms with Gasteiger partial charge in [-0.05, 0) is 94.9 Å². The van der Waals surface area contributed by atoms with Gasteiger partial charge in [0.1, 0.15) is 0 Å². The van der Waals surface area contributed by atoms with Gasteiger partial charge in [0.2, 0.25) is 5.91 Å². The van der Waals surface area contributed by atoms with Crippen LogP contribution in [0.15, 0.2) is 66.9 Å². The molecule has 3 aromatic rings. The maximum atomic E-state index is 13.0. The molecule has 1 amide bonds. The van der Waals surface area contributed by atoms with Gasteiger partial charge in [-0.25, -0.2) is 0 Å². The number of hydrogen-bond donors (Lipinski definition) is 1. The minimum atomic E-state index is -0.153. The van der Waals surface area contributed by atoms with E-state index in [2.05, 4.69) is 77.1 Å². The zero-order chi connectivity index (χ0) is 20.1. The number of halogens is 1. The van der Waals surface area contributed by atoms with Gasteiger partial charge >= 0.3 is 0 Å². The van der Waals surface area contributed by atoms with Crippen molar-refractivity contribution in [3.8, 4) is 11.1 Å². The number of aromatic nitrogens is 1. The molecule has 0 aliphatic carbocycles. The number of amides is 1. The van der Waals surface area contributed by atoms with E-state index in [0.29, 0.717) is 5.92 Å². The second kappa shape index (κ2) is 9.32. The number of pyridine rings is 1. The topological polar surface area (TPSA) is 42.0 Å². The number of hydrogen-bond acceptors (Lipinski definition) is 2. The van der Waals surface area contributed by atoms with Crippen molar-refractivity contribution in [3.63, 3.8) is 0 Å². The van der Waals surface area contributed by atoms with Gasteiger partial charge in [0.25, 0.3) is 0 Å². The number of benzene rings is 2. The summed E-state index contributed by atoms with van der Waals surface area (Å²) in [5, 5.41) is 3.10. The van der Waals surface area contributed by atoms with E-state index in [1.54, 1.807) is 0 Å². The molecule has 2 aromatic carbocycles. The summed E-state index contributed by atoms with van der Waals surface area (Å²) >= 11 is 2.29. The molecule has 3 rings (SSSR count). The van der Waals surface area contributed by atoms with Gasteiger partial charge in [0.15, 0.2) is 0 Å². The lowest BCUT2D eigenvalue weighted by Crippen LogP contribution is -2.22. The Morgan fingerprint density at radius 1 is 1.00 bits per heavy atom. The number of carbonyl (C=O) groups excluding carboxylic acids is 1. The Bertz CT molecular complexity index is 934. The fraction of sp³-hybridized carbons (Fsp3) is 0.250. The third-order valence-electron chi connectivity index (χ3n) is 4.68. The van der Waals surface area contributed by atoms with Crippen molar-refractivity contribution in [1.29, 1.82) is 0 Å². The molecule has 28 heavy (non-hydrogen) atoms. The fourth-order valence-corrected chi connectivity index (χ4v) is 3.62. The Morgan fingerprint density at radius 3 is 2.29 bits per heavy atom. The maximum Gasteiger partial charge on any atom is 0.231 e. The molecule has 0 fully saturated rings. The molecule has 1 aromatic heterocycles. The molecule has 1 N–H and O–H groups in total. The molecule has 0 saturated carbocycles. The average molecular weight is 484 g/mol. The largest absolute Gasteiger partial charge is 0.326 e. The van der Waals surface area contributed by atoms with E-state index in [1.165, 1.54) is 3.57 Å². The lowest BCUT2D eigenvalue weighted by Gasteiger charge is -2.19. The number of anilines is 1. The molecule has 0 bridgehead atoms. The Labute approximate surface area is 180 Å². The molecule has 0 aliphatic rings. The van der Waals surface area contributed by atoms with Gasteiger partial charge in [-0.1, -0.05) is 38.1 Å². The highest BCUT2D eigenvalue weighted by Crippen LogP contribution is 2.27. The molecular formula is C24H25IN2O. The minimum Gasteiger partial charge on any atom is -0.326 e.